The number of benzene rings is 1. The first-order valence-corrected chi connectivity index (χ1v) is 6.46. The first kappa shape index (κ1) is 12.8. The van der Waals surface area contributed by atoms with E-state index in [-0.39, 0.29) is 11.7 Å². The van der Waals surface area contributed by atoms with E-state index in [1.54, 1.807) is 18.2 Å². The summed E-state index contributed by atoms with van der Waals surface area (Å²) in [5.41, 5.74) is 6.55. The minimum absolute atomic E-state index is 0.118. The molecule has 0 saturated heterocycles. The lowest BCUT2D eigenvalue weighted by Crippen LogP contribution is -1.97. The van der Waals surface area contributed by atoms with Crippen molar-refractivity contribution in [2.75, 3.05) is 11.1 Å². The highest BCUT2D eigenvalue weighted by Gasteiger charge is 2.04. The van der Waals surface area contributed by atoms with E-state index in [2.05, 4.69) is 20.5 Å². The van der Waals surface area contributed by atoms with Crippen LogP contribution in [0.2, 0.25) is 5.02 Å². The molecule has 1 aromatic carbocycles. The van der Waals surface area contributed by atoms with E-state index in [1.165, 1.54) is 0 Å². The van der Waals surface area contributed by atoms with Crippen molar-refractivity contribution in [3.63, 3.8) is 0 Å². The number of anilines is 3. The number of nitrogen functional groups attached to an aromatic ring is 1. The van der Waals surface area contributed by atoms with Gasteiger partial charge in [-0.3, -0.25) is 4.21 Å². The van der Waals surface area contributed by atoms with Gasteiger partial charge in [0.15, 0.2) is 0 Å². The molecule has 1 atom stereocenters. The predicted molar refractivity (Wildman–Crippen MR) is 68.2 cm³/mol. The topological polar surface area (TPSA) is 120 Å². The maximum absolute atomic E-state index is 10.6. The standard InChI is InChI=1S/C9H10ClN5O2S/c10-7-3-6(2-1-5(7)4-18(16)17)12-9-13-8(11)14-15-9/h1-3H,4H2,(H,16,17)(H4,11,12,13,14,15)/p-1. The zero-order valence-electron chi connectivity index (χ0n) is 9.01. The Hall–Kier alpha value is -1.64. The number of hydrogen-bond donors (Lipinski definition) is 3. The number of hydrogen-bond acceptors (Lipinski definition) is 6. The Morgan fingerprint density at radius 1 is 1.56 bits per heavy atom. The predicted octanol–water partition coefficient (Wildman–Crippen LogP) is 1.16. The lowest BCUT2D eigenvalue weighted by atomic mass is 10.2. The van der Waals surface area contributed by atoms with Gasteiger partial charge in [0.2, 0.25) is 11.9 Å². The van der Waals surface area contributed by atoms with Crippen LogP contribution < -0.4 is 11.1 Å². The molecule has 0 aliphatic rings. The number of aromatic amines is 1. The third kappa shape index (κ3) is 3.19. The number of nitrogens with one attached hydrogen (secondary N) is 2. The molecule has 2 aromatic rings. The van der Waals surface area contributed by atoms with E-state index in [4.69, 9.17) is 17.3 Å². The quantitative estimate of drug-likeness (QED) is 0.726. The Bertz CT molecular complexity index is 588. The summed E-state index contributed by atoms with van der Waals surface area (Å²) in [4.78, 5) is 3.86. The number of aromatic nitrogens is 3. The second-order valence-corrected chi connectivity index (χ2v) is 4.73. The molecule has 0 aliphatic heterocycles. The summed E-state index contributed by atoms with van der Waals surface area (Å²) < 4.78 is 21.2. The molecule has 0 radical (unpaired) electrons. The van der Waals surface area contributed by atoms with Gasteiger partial charge in [-0.1, -0.05) is 28.7 Å². The van der Waals surface area contributed by atoms with Crippen LogP contribution in [0.3, 0.4) is 0 Å². The highest BCUT2D eigenvalue weighted by atomic mass is 35.5. The lowest BCUT2D eigenvalue weighted by Gasteiger charge is -2.09. The highest BCUT2D eigenvalue weighted by Crippen LogP contribution is 2.23. The van der Waals surface area contributed by atoms with Crippen LogP contribution in [0.4, 0.5) is 17.6 Å². The maximum atomic E-state index is 10.6. The van der Waals surface area contributed by atoms with Crippen LogP contribution in [0.15, 0.2) is 18.2 Å². The summed E-state index contributed by atoms with van der Waals surface area (Å²) in [7, 11) is 0. The molecule has 0 fully saturated rings. The van der Waals surface area contributed by atoms with Crippen molar-refractivity contribution in [3.05, 3.63) is 28.8 Å². The number of halogens is 1. The van der Waals surface area contributed by atoms with Gasteiger partial charge in [0.1, 0.15) is 0 Å². The second-order valence-electron chi connectivity index (χ2n) is 3.42. The normalized spacial score (nSPS) is 12.3. The van der Waals surface area contributed by atoms with Crippen molar-refractivity contribution < 1.29 is 8.76 Å². The molecule has 1 unspecified atom stereocenters. The summed E-state index contributed by atoms with van der Waals surface area (Å²) in [5, 5.41) is 9.51. The van der Waals surface area contributed by atoms with Gasteiger partial charge in [-0.15, -0.1) is 5.10 Å². The zero-order valence-corrected chi connectivity index (χ0v) is 10.6. The zero-order chi connectivity index (χ0) is 13.1. The minimum atomic E-state index is -2.17. The van der Waals surface area contributed by atoms with Gasteiger partial charge in [-0.2, -0.15) is 4.98 Å². The van der Waals surface area contributed by atoms with Crippen molar-refractivity contribution in [3.8, 4) is 0 Å². The molecule has 0 saturated carbocycles. The fraction of sp³-hybridized carbons (Fsp3) is 0.111. The Balaban J connectivity index is 2.16. The molecule has 0 aliphatic carbocycles. The fourth-order valence-corrected chi connectivity index (χ4v) is 2.16. The molecule has 2 rings (SSSR count). The first-order valence-electron chi connectivity index (χ1n) is 4.84. The molecule has 18 heavy (non-hydrogen) atoms. The third-order valence-corrected chi connectivity index (χ3v) is 2.98. The maximum Gasteiger partial charge on any atom is 0.248 e. The summed E-state index contributed by atoms with van der Waals surface area (Å²) in [6, 6.07) is 4.90. The molecule has 0 amide bonds. The molecular weight excluding hydrogens is 278 g/mol. The summed E-state index contributed by atoms with van der Waals surface area (Å²) in [5.74, 6) is 0.387. The van der Waals surface area contributed by atoms with Crippen molar-refractivity contribution in [2.45, 2.75) is 5.75 Å². The first-order chi connectivity index (χ1) is 8.54. The van der Waals surface area contributed by atoms with E-state index < -0.39 is 11.1 Å². The van der Waals surface area contributed by atoms with Gasteiger partial charge in [0, 0.05) is 16.5 Å². The summed E-state index contributed by atoms with van der Waals surface area (Å²) >= 11 is 3.79. The molecule has 0 spiro atoms. The van der Waals surface area contributed by atoms with E-state index in [1.807, 2.05) is 0 Å². The SMILES string of the molecule is Nc1nc(Nc2ccc(CS(=O)[O-])c(Cl)c2)n[nH]1. The van der Waals surface area contributed by atoms with Crippen LogP contribution in [-0.4, -0.2) is 23.9 Å². The third-order valence-electron chi connectivity index (χ3n) is 2.09. The van der Waals surface area contributed by atoms with Gasteiger partial charge in [0.25, 0.3) is 0 Å². The van der Waals surface area contributed by atoms with E-state index in [0.29, 0.717) is 22.2 Å². The summed E-state index contributed by atoms with van der Waals surface area (Å²) in [6.45, 7) is 0. The fourth-order valence-electron chi connectivity index (χ4n) is 1.33. The van der Waals surface area contributed by atoms with E-state index in [0.717, 1.165) is 0 Å². The molecule has 1 heterocycles. The smallest absolute Gasteiger partial charge is 0.248 e. The van der Waals surface area contributed by atoms with Crippen LogP contribution >= 0.6 is 11.6 Å². The Morgan fingerprint density at radius 2 is 2.33 bits per heavy atom. The van der Waals surface area contributed by atoms with Crippen LogP contribution in [0, 0.1) is 0 Å². The molecule has 0 bridgehead atoms. The van der Waals surface area contributed by atoms with Gasteiger partial charge < -0.3 is 15.6 Å². The number of nitrogens with zero attached hydrogens (tertiary/aromatic N) is 2. The number of rotatable bonds is 4. The van der Waals surface area contributed by atoms with Crippen molar-refractivity contribution >= 4 is 40.3 Å². The van der Waals surface area contributed by atoms with Gasteiger partial charge in [-0.25, -0.2) is 5.10 Å². The van der Waals surface area contributed by atoms with Crippen LogP contribution in [0.5, 0.6) is 0 Å². The summed E-state index contributed by atoms with van der Waals surface area (Å²) in [6.07, 6.45) is 0. The molecule has 96 valence electrons. The molecule has 7 nitrogen and oxygen atoms in total. The molecule has 1 aromatic heterocycles. The largest absolute Gasteiger partial charge is 0.772 e. The van der Waals surface area contributed by atoms with Gasteiger partial charge in [0.05, 0.1) is 0 Å². The van der Waals surface area contributed by atoms with Crippen molar-refractivity contribution in [1.82, 2.24) is 15.2 Å². The second kappa shape index (κ2) is 5.34. The van der Waals surface area contributed by atoms with Crippen LogP contribution in [0.25, 0.3) is 0 Å². The average molecular weight is 287 g/mol. The van der Waals surface area contributed by atoms with Gasteiger partial charge >= 0.3 is 0 Å². The average Bonchev–Trinajstić information content (AvgIpc) is 2.68. The van der Waals surface area contributed by atoms with Gasteiger partial charge in [-0.05, 0) is 17.7 Å². The highest BCUT2D eigenvalue weighted by molar-refractivity contribution is 7.78. The number of nitrogens with two attached hydrogens (primary N) is 1. The monoisotopic (exact) mass is 286 g/mol. The van der Waals surface area contributed by atoms with Crippen LogP contribution in [-0.2, 0) is 16.8 Å². The minimum Gasteiger partial charge on any atom is -0.772 e. The molecular formula is C9H9ClN5O2S-. The lowest BCUT2D eigenvalue weighted by molar-refractivity contribution is 0.536. The Kier molecular flexibility index (Phi) is 3.80. The van der Waals surface area contributed by atoms with Crippen LogP contribution in [0.1, 0.15) is 5.56 Å². The van der Waals surface area contributed by atoms with E-state index >= 15 is 0 Å². The molecule has 9 heteroatoms. The number of H-pyrrole nitrogens is 1. The van der Waals surface area contributed by atoms with Crippen molar-refractivity contribution in [1.29, 1.82) is 0 Å². The Morgan fingerprint density at radius 3 is 2.89 bits per heavy atom. The van der Waals surface area contributed by atoms with E-state index in [9.17, 15) is 8.76 Å². The molecule has 4 N–H and O–H groups in total. The Labute approximate surface area is 110 Å². The van der Waals surface area contributed by atoms with Crippen molar-refractivity contribution in [2.24, 2.45) is 0 Å².